The van der Waals surface area contributed by atoms with Crippen LogP contribution in [0.3, 0.4) is 0 Å². The largest absolute Gasteiger partial charge is 0.370 e. The molecule has 4 nitrogen and oxygen atoms in total. The zero-order chi connectivity index (χ0) is 10.1. The summed E-state index contributed by atoms with van der Waals surface area (Å²) in [5.41, 5.74) is -1.59. The highest BCUT2D eigenvalue weighted by Crippen LogP contribution is 2.25. The Morgan fingerprint density at radius 1 is 1.23 bits per heavy atom. The zero-order valence-corrected chi connectivity index (χ0v) is 7.98. The monoisotopic (exact) mass is 183 g/mol. The lowest BCUT2D eigenvalue weighted by molar-refractivity contribution is -0.536. The van der Waals surface area contributed by atoms with Crippen LogP contribution in [0, 0.1) is 10.1 Å². The zero-order valence-electron chi connectivity index (χ0n) is 7.98. The van der Waals surface area contributed by atoms with Crippen LogP contribution in [0.1, 0.15) is 13.8 Å². The molecule has 0 saturated carbocycles. The smallest absolute Gasteiger partial charge is 0.256 e. The number of ether oxygens (including phenoxy) is 1. The molecule has 0 fully saturated rings. The molecule has 1 aliphatic rings. The van der Waals surface area contributed by atoms with E-state index in [-0.39, 0.29) is 4.92 Å². The molecule has 1 rings (SSSR count). The SMILES string of the molecule is COC1(C)C=CC(C)([N+](=O)[O-])C=C1. The van der Waals surface area contributed by atoms with E-state index in [1.54, 1.807) is 38.3 Å². The van der Waals surface area contributed by atoms with Crippen LogP contribution in [0.2, 0.25) is 0 Å². The summed E-state index contributed by atoms with van der Waals surface area (Å²) in [7, 11) is 1.57. The van der Waals surface area contributed by atoms with Gasteiger partial charge in [0.15, 0.2) is 0 Å². The Hall–Kier alpha value is -1.16. The van der Waals surface area contributed by atoms with Crippen molar-refractivity contribution in [2.75, 3.05) is 7.11 Å². The Labute approximate surface area is 77.0 Å². The van der Waals surface area contributed by atoms with Crippen molar-refractivity contribution in [2.45, 2.75) is 25.0 Å². The van der Waals surface area contributed by atoms with Crippen LogP contribution in [0.5, 0.6) is 0 Å². The molecule has 0 aromatic heterocycles. The van der Waals surface area contributed by atoms with E-state index in [1.165, 1.54) is 0 Å². The normalized spacial score (nSPS) is 37.8. The van der Waals surface area contributed by atoms with Gasteiger partial charge >= 0.3 is 0 Å². The van der Waals surface area contributed by atoms with Crippen LogP contribution >= 0.6 is 0 Å². The second kappa shape index (κ2) is 2.96. The summed E-state index contributed by atoms with van der Waals surface area (Å²) >= 11 is 0. The third-order valence-electron chi connectivity index (χ3n) is 2.34. The first-order chi connectivity index (χ1) is 5.92. The van der Waals surface area contributed by atoms with Gasteiger partial charge in [0.25, 0.3) is 5.54 Å². The van der Waals surface area contributed by atoms with Gasteiger partial charge in [-0.2, -0.15) is 0 Å². The molecule has 0 atom stereocenters. The highest BCUT2D eigenvalue weighted by molar-refractivity contribution is 5.27. The van der Waals surface area contributed by atoms with E-state index >= 15 is 0 Å². The molecule has 0 saturated heterocycles. The lowest BCUT2D eigenvalue weighted by atomic mass is 9.90. The van der Waals surface area contributed by atoms with Crippen molar-refractivity contribution in [3.05, 3.63) is 34.4 Å². The van der Waals surface area contributed by atoms with Crippen molar-refractivity contribution in [2.24, 2.45) is 0 Å². The molecule has 4 heteroatoms. The van der Waals surface area contributed by atoms with Crippen molar-refractivity contribution in [1.29, 1.82) is 0 Å². The van der Waals surface area contributed by atoms with Gasteiger partial charge in [-0.05, 0) is 31.2 Å². The Bertz CT molecular complexity index is 267. The van der Waals surface area contributed by atoms with Crippen molar-refractivity contribution in [1.82, 2.24) is 0 Å². The third kappa shape index (κ3) is 1.78. The minimum atomic E-state index is -1.09. The number of rotatable bonds is 2. The van der Waals surface area contributed by atoms with Gasteiger partial charge in [-0.15, -0.1) is 0 Å². The van der Waals surface area contributed by atoms with Gasteiger partial charge in [0, 0.05) is 19.0 Å². The van der Waals surface area contributed by atoms with Gasteiger partial charge < -0.3 is 4.74 Å². The summed E-state index contributed by atoms with van der Waals surface area (Å²) in [6, 6.07) is 0. The summed E-state index contributed by atoms with van der Waals surface area (Å²) in [5.74, 6) is 0. The maximum absolute atomic E-state index is 10.6. The standard InChI is InChI=1S/C9H13NO3/c1-8(10(11)12)4-6-9(2,13-3)7-5-8/h4-7H,1-3H3. The van der Waals surface area contributed by atoms with Crippen molar-refractivity contribution in [3.8, 4) is 0 Å². The molecule has 0 amide bonds. The molecule has 0 unspecified atom stereocenters. The van der Waals surface area contributed by atoms with E-state index in [2.05, 4.69) is 0 Å². The second-order valence-corrected chi connectivity index (χ2v) is 3.54. The summed E-state index contributed by atoms with van der Waals surface area (Å²) < 4.78 is 5.16. The van der Waals surface area contributed by atoms with Gasteiger partial charge in [0.1, 0.15) is 5.60 Å². The predicted octanol–water partition coefficient (Wildman–Crippen LogP) is 1.55. The van der Waals surface area contributed by atoms with Crippen LogP contribution in [-0.2, 0) is 4.74 Å². The maximum atomic E-state index is 10.6. The number of hydrogen-bond donors (Lipinski definition) is 0. The topological polar surface area (TPSA) is 52.4 Å². The summed E-state index contributed by atoms with van der Waals surface area (Å²) in [5, 5.41) is 10.6. The van der Waals surface area contributed by atoms with Gasteiger partial charge in [-0.3, -0.25) is 10.1 Å². The Morgan fingerprint density at radius 2 is 1.69 bits per heavy atom. The first-order valence-electron chi connectivity index (χ1n) is 4.02. The molecular formula is C9H13NO3. The summed E-state index contributed by atoms with van der Waals surface area (Å²) in [6.07, 6.45) is 6.51. The molecule has 0 radical (unpaired) electrons. The third-order valence-corrected chi connectivity index (χ3v) is 2.34. The first-order valence-corrected chi connectivity index (χ1v) is 4.02. The number of methoxy groups -OCH3 is 1. The van der Waals surface area contributed by atoms with Crippen molar-refractivity contribution in [3.63, 3.8) is 0 Å². The van der Waals surface area contributed by atoms with E-state index in [9.17, 15) is 10.1 Å². The fourth-order valence-electron chi connectivity index (χ4n) is 1.04. The Kier molecular flexibility index (Phi) is 2.26. The average molecular weight is 183 g/mol. The lowest BCUT2D eigenvalue weighted by Crippen LogP contribution is -2.36. The second-order valence-electron chi connectivity index (χ2n) is 3.54. The average Bonchev–Trinajstić information content (AvgIpc) is 2.11. The fourth-order valence-corrected chi connectivity index (χ4v) is 1.04. The summed E-state index contributed by atoms with van der Waals surface area (Å²) in [6.45, 7) is 3.40. The molecule has 72 valence electrons. The highest BCUT2D eigenvalue weighted by atomic mass is 16.6. The number of nitrogens with zero attached hydrogens (tertiary/aromatic N) is 1. The minimum absolute atomic E-state index is 0.324. The molecule has 0 aliphatic heterocycles. The minimum Gasteiger partial charge on any atom is -0.370 e. The molecule has 0 bridgehead atoms. The van der Waals surface area contributed by atoms with Crippen molar-refractivity contribution < 1.29 is 9.66 Å². The van der Waals surface area contributed by atoms with Gasteiger partial charge in [0.05, 0.1) is 0 Å². The quantitative estimate of drug-likeness (QED) is 0.371. The molecule has 0 aromatic carbocycles. The fraction of sp³-hybridized carbons (Fsp3) is 0.556. The molecule has 0 spiro atoms. The predicted molar refractivity (Wildman–Crippen MR) is 49.1 cm³/mol. The molecule has 0 aromatic rings. The van der Waals surface area contributed by atoms with E-state index in [0.29, 0.717) is 0 Å². The number of nitro groups is 1. The van der Waals surface area contributed by atoms with Gasteiger partial charge in [-0.25, -0.2) is 0 Å². The maximum Gasteiger partial charge on any atom is 0.256 e. The van der Waals surface area contributed by atoms with Crippen LogP contribution < -0.4 is 0 Å². The Morgan fingerprint density at radius 3 is 2.00 bits per heavy atom. The summed E-state index contributed by atoms with van der Waals surface area (Å²) in [4.78, 5) is 10.3. The van der Waals surface area contributed by atoms with Crippen LogP contribution in [0.25, 0.3) is 0 Å². The first kappa shape index (κ1) is 9.92. The van der Waals surface area contributed by atoms with Gasteiger partial charge in [0.2, 0.25) is 0 Å². The van der Waals surface area contributed by atoms with E-state index in [4.69, 9.17) is 4.74 Å². The highest BCUT2D eigenvalue weighted by Gasteiger charge is 2.36. The lowest BCUT2D eigenvalue weighted by Gasteiger charge is -2.26. The van der Waals surface area contributed by atoms with E-state index < -0.39 is 11.1 Å². The van der Waals surface area contributed by atoms with Crippen molar-refractivity contribution >= 4 is 0 Å². The Balaban J connectivity index is 2.91. The molecular weight excluding hydrogens is 170 g/mol. The van der Waals surface area contributed by atoms with Crippen LogP contribution in [0.15, 0.2) is 24.3 Å². The van der Waals surface area contributed by atoms with E-state index in [1.807, 2.05) is 6.92 Å². The van der Waals surface area contributed by atoms with Crippen LogP contribution in [0.4, 0.5) is 0 Å². The molecule has 13 heavy (non-hydrogen) atoms. The molecule has 0 N–H and O–H groups in total. The molecule has 0 heterocycles. The van der Waals surface area contributed by atoms with Crippen LogP contribution in [-0.4, -0.2) is 23.2 Å². The van der Waals surface area contributed by atoms with Gasteiger partial charge in [-0.1, -0.05) is 0 Å². The van der Waals surface area contributed by atoms with E-state index in [0.717, 1.165) is 0 Å². The molecule has 1 aliphatic carbocycles. The number of hydrogen-bond acceptors (Lipinski definition) is 3.